The number of rotatable bonds is 3. The van der Waals surface area contributed by atoms with Crippen LogP contribution >= 0.6 is 0 Å². The average molecular weight is 344 g/mol. The molecule has 136 valence electrons. The molecular formula is C19H28N4O2. The molecule has 25 heavy (non-hydrogen) atoms. The summed E-state index contributed by atoms with van der Waals surface area (Å²) in [5, 5.41) is 4.30. The van der Waals surface area contributed by atoms with Gasteiger partial charge in [-0.3, -0.25) is 14.3 Å². The highest BCUT2D eigenvalue weighted by Gasteiger charge is 2.49. The van der Waals surface area contributed by atoms with Crippen LogP contribution in [0.1, 0.15) is 57.7 Å². The number of likely N-dealkylation sites (tertiary alicyclic amines) is 2. The van der Waals surface area contributed by atoms with Gasteiger partial charge < -0.3 is 9.80 Å². The second-order valence-electron chi connectivity index (χ2n) is 8.04. The Morgan fingerprint density at radius 2 is 1.96 bits per heavy atom. The Morgan fingerprint density at radius 1 is 1.20 bits per heavy atom. The van der Waals surface area contributed by atoms with Crippen LogP contribution in [0.5, 0.6) is 0 Å². The van der Waals surface area contributed by atoms with Crippen molar-refractivity contribution in [2.45, 2.75) is 64.1 Å². The topological polar surface area (TPSA) is 58.4 Å². The Labute approximate surface area is 149 Å². The number of carbonyl (C=O) groups excluding carboxylic acids is 2. The quantitative estimate of drug-likeness (QED) is 0.844. The molecule has 0 N–H and O–H groups in total. The fraction of sp³-hybridized carbons (Fsp3) is 0.737. The molecule has 1 aromatic heterocycles. The predicted molar refractivity (Wildman–Crippen MR) is 93.5 cm³/mol. The van der Waals surface area contributed by atoms with Crippen molar-refractivity contribution >= 4 is 11.8 Å². The van der Waals surface area contributed by atoms with Gasteiger partial charge in [-0.2, -0.15) is 5.10 Å². The summed E-state index contributed by atoms with van der Waals surface area (Å²) in [7, 11) is 1.90. The largest absolute Gasteiger partial charge is 0.339 e. The van der Waals surface area contributed by atoms with Crippen LogP contribution in [0.15, 0.2) is 12.3 Å². The van der Waals surface area contributed by atoms with Gasteiger partial charge >= 0.3 is 0 Å². The molecule has 0 aromatic carbocycles. The monoisotopic (exact) mass is 344 g/mol. The van der Waals surface area contributed by atoms with Crippen LogP contribution in [0, 0.1) is 11.8 Å². The van der Waals surface area contributed by atoms with Gasteiger partial charge in [-0.05, 0) is 44.6 Å². The summed E-state index contributed by atoms with van der Waals surface area (Å²) in [6.07, 6.45) is 6.08. The number of nitrogens with zero attached hydrogens (tertiary/aromatic N) is 4. The fourth-order valence-electron chi connectivity index (χ4n) is 4.60. The van der Waals surface area contributed by atoms with Crippen molar-refractivity contribution in [2.24, 2.45) is 18.9 Å². The molecule has 3 heterocycles. The number of hydrogen-bond acceptors (Lipinski definition) is 3. The van der Waals surface area contributed by atoms with Crippen LogP contribution in [0.2, 0.25) is 0 Å². The van der Waals surface area contributed by atoms with Gasteiger partial charge in [-0.25, -0.2) is 0 Å². The second kappa shape index (κ2) is 6.15. The number of carbonyl (C=O) groups is 2. The lowest BCUT2D eigenvalue weighted by Crippen LogP contribution is -2.51. The molecule has 2 saturated heterocycles. The van der Waals surface area contributed by atoms with Crippen molar-refractivity contribution in [3.63, 3.8) is 0 Å². The van der Waals surface area contributed by atoms with Gasteiger partial charge in [0, 0.05) is 38.3 Å². The maximum atomic E-state index is 13.4. The molecule has 0 bridgehead atoms. The molecule has 1 aromatic rings. The van der Waals surface area contributed by atoms with Crippen LogP contribution in [-0.4, -0.2) is 50.0 Å². The zero-order valence-corrected chi connectivity index (χ0v) is 15.4. The van der Waals surface area contributed by atoms with Crippen LogP contribution < -0.4 is 0 Å². The molecule has 1 aliphatic carbocycles. The van der Waals surface area contributed by atoms with Crippen LogP contribution in [0.4, 0.5) is 0 Å². The minimum atomic E-state index is -0.170. The lowest BCUT2D eigenvalue weighted by molar-refractivity contribution is -0.149. The highest BCUT2D eigenvalue weighted by atomic mass is 16.2. The Morgan fingerprint density at radius 3 is 2.52 bits per heavy atom. The van der Waals surface area contributed by atoms with Crippen LogP contribution in [0.3, 0.4) is 0 Å². The molecule has 4 rings (SSSR count). The molecule has 0 radical (unpaired) electrons. The van der Waals surface area contributed by atoms with Crippen molar-refractivity contribution in [3.8, 4) is 0 Å². The number of piperidine rings is 1. The summed E-state index contributed by atoms with van der Waals surface area (Å²) in [4.78, 5) is 30.2. The minimum Gasteiger partial charge on any atom is -0.339 e. The second-order valence-corrected chi connectivity index (χ2v) is 8.04. The maximum absolute atomic E-state index is 13.4. The molecule has 0 spiro atoms. The van der Waals surface area contributed by atoms with E-state index in [1.54, 1.807) is 6.20 Å². The third-order valence-electron chi connectivity index (χ3n) is 6.48. The Hall–Kier alpha value is -1.85. The van der Waals surface area contributed by atoms with Gasteiger partial charge in [0.2, 0.25) is 11.8 Å². The molecule has 4 atom stereocenters. The summed E-state index contributed by atoms with van der Waals surface area (Å²) >= 11 is 0. The van der Waals surface area contributed by atoms with E-state index >= 15 is 0 Å². The molecule has 3 aliphatic rings. The third-order valence-corrected chi connectivity index (χ3v) is 6.48. The molecule has 2 amide bonds. The van der Waals surface area contributed by atoms with E-state index in [1.165, 1.54) is 0 Å². The summed E-state index contributed by atoms with van der Waals surface area (Å²) in [5.41, 5.74) is 0.984. The lowest BCUT2D eigenvalue weighted by Gasteiger charge is -2.42. The Bertz CT molecular complexity index is 681. The molecule has 3 fully saturated rings. The summed E-state index contributed by atoms with van der Waals surface area (Å²) in [6, 6.07) is 2.39. The summed E-state index contributed by atoms with van der Waals surface area (Å²) < 4.78 is 1.83. The summed E-state index contributed by atoms with van der Waals surface area (Å²) in [5.74, 6) is 0.812. The van der Waals surface area contributed by atoms with E-state index < -0.39 is 0 Å². The molecule has 6 heteroatoms. The Balaban J connectivity index is 1.68. The van der Waals surface area contributed by atoms with Crippen molar-refractivity contribution in [1.82, 2.24) is 19.6 Å². The van der Waals surface area contributed by atoms with E-state index in [-0.39, 0.29) is 29.8 Å². The molecular weight excluding hydrogens is 316 g/mol. The van der Waals surface area contributed by atoms with Crippen LogP contribution in [0.25, 0.3) is 0 Å². The van der Waals surface area contributed by atoms with Crippen LogP contribution in [-0.2, 0) is 16.6 Å². The van der Waals surface area contributed by atoms with E-state index in [4.69, 9.17) is 0 Å². The number of amides is 2. The lowest BCUT2D eigenvalue weighted by atomic mass is 9.85. The van der Waals surface area contributed by atoms with Crippen molar-refractivity contribution in [2.75, 3.05) is 6.54 Å². The van der Waals surface area contributed by atoms with Gasteiger partial charge in [0.1, 0.15) is 0 Å². The van der Waals surface area contributed by atoms with Gasteiger partial charge in [0.05, 0.1) is 17.7 Å². The first-order valence-corrected chi connectivity index (χ1v) is 9.58. The third kappa shape index (κ3) is 2.75. The van der Waals surface area contributed by atoms with Gasteiger partial charge in [-0.15, -0.1) is 0 Å². The van der Waals surface area contributed by atoms with E-state index in [2.05, 4.69) is 23.8 Å². The highest BCUT2D eigenvalue weighted by molar-refractivity contribution is 5.85. The van der Waals surface area contributed by atoms with Crippen molar-refractivity contribution < 1.29 is 9.59 Å². The normalized spacial score (nSPS) is 33.2. The van der Waals surface area contributed by atoms with E-state index in [0.717, 1.165) is 31.5 Å². The fourth-order valence-corrected chi connectivity index (χ4v) is 4.60. The first-order chi connectivity index (χ1) is 12.0. The first kappa shape index (κ1) is 16.6. The number of aromatic nitrogens is 2. The highest BCUT2D eigenvalue weighted by Crippen LogP contribution is 2.44. The van der Waals surface area contributed by atoms with Gasteiger partial charge in [0.15, 0.2) is 0 Å². The number of hydrogen-bond donors (Lipinski definition) is 0. The van der Waals surface area contributed by atoms with Crippen molar-refractivity contribution in [3.05, 3.63) is 18.0 Å². The van der Waals surface area contributed by atoms with E-state index in [1.807, 2.05) is 22.7 Å². The zero-order valence-electron chi connectivity index (χ0n) is 15.4. The molecule has 1 saturated carbocycles. The number of aryl methyl sites for hydroxylation is 1. The van der Waals surface area contributed by atoms with E-state index in [9.17, 15) is 9.59 Å². The smallest absolute Gasteiger partial charge is 0.228 e. The molecule has 0 unspecified atom stereocenters. The standard InChI is InChI=1S/C19H28N4O2/c1-12-9-11-22(13(12)2)19(25)15-6-7-17(24)23(14-4-5-14)18(15)16-8-10-20-21(16)3/h8,10,12-15,18H,4-7,9,11H2,1-3H3/t12-,13+,15-,18-/m1/s1. The summed E-state index contributed by atoms with van der Waals surface area (Å²) in [6.45, 7) is 5.21. The van der Waals surface area contributed by atoms with Crippen molar-refractivity contribution in [1.29, 1.82) is 0 Å². The Kier molecular flexibility index (Phi) is 4.08. The van der Waals surface area contributed by atoms with Gasteiger partial charge in [0.25, 0.3) is 0 Å². The average Bonchev–Trinajstić information content (AvgIpc) is 3.25. The molecule has 2 aliphatic heterocycles. The SMILES string of the molecule is C[C@@H]1CCN(C(=O)[C@@H]2CCC(=O)N(C3CC3)[C@H]2c2ccnn2C)[C@H]1C. The minimum absolute atomic E-state index is 0.151. The first-order valence-electron chi connectivity index (χ1n) is 9.58. The molecule has 6 nitrogen and oxygen atoms in total. The van der Waals surface area contributed by atoms with E-state index in [0.29, 0.717) is 24.8 Å². The van der Waals surface area contributed by atoms with Gasteiger partial charge in [-0.1, -0.05) is 6.92 Å². The predicted octanol–water partition coefficient (Wildman–Crippen LogP) is 2.12. The maximum Gasteiger partial charge on any atom is 0.228 e. The zero-order chi connectivity index (χ0) is 17.7.